The molecule has 0 N–H and O–H groups in total. The third-order valence-corrected chi connectivity index (χ3v) is 2.33. The fourth-order valence-corrected chi connectivity index (χ4v) is 1.34. The summed E-state index contributed by atoms with van der Waals surface area (Å²) in [4.78, 5) is 0. The number of hydrogen-bond acceptors (Lipinski definition) is 0. The average molecular weight is 312 g/mol. The van der Waals surface area contributed by atoms with Crippen LogP contribution in [0.15, 0.2) is 11.4 Å². The molecule has 0 spiro atoms. The zero-order chi connectivity index (χ0) is 15.7. The smallest absolute Gasteiger partial charge is 0.218 e. The summed E-state index contributed by atoms with van der Waals surface area (Å²) < 4.78 is 147. The monoisotopic (exact) mass is 312 g/mol. The van der Waals surface area contributed by atoms with Crippen LogP contribution in [0.5, 0.6) is 0 Å². The van der Waals surface area contributed by atoms with Gasteiger partial charge in [-0.15, -0.1) is 0 Å². The average Bonchev–Trinajstić information content (AvgIpc) is 2.13. The molecule has 112 valence electrons. The summed E-state index contributed by atoms with van der Waals surface area (Å²) in [7, 11) is 0. The van der Waals surface area contributed by atoms with Gasteiger partial charge in [-0.05, 0) is 0 Å². The van der Waals surface area contributed by atoms with E-state index in [9.17, 15) is 52.7 Å². The molecule has 0 nitrogen and oxygen atoms in total. The summed E-state index contributed by atoms with van der Waals surface area (Å²) in [6.45, 7) is 0. The first kappa shape index (κ1) is 16.0. The van der Waals surface area contributed by atoms with E-state index in [1.54, 1.807) is 0 Å². The van der Waals surface area contributed by atoms with Crippen molar-refractivity contribution in [3.8, 4) is 0 Å². The first-order valence-electron chi connectivity index (χ1n) is 4.02. The third kappa shape index (κ3) is 1.64. The van der Waals surface area contributed by atoms with E-state index >= 15 is 0 Å². The Labute approximate surface area is 95.2 Å². The standard InChI is InChI=1S/C7F12/c8-2-1(4(10,11)5(2,12)13)3(9,6(14,15)16)7(17,18)19. The molecule has 0 unspecified atom stereocenters. The van der Waals surface area contributed by atoms with Crippen LogP contribution in [0.4, 0.5) is 52.7 Å². The van der Waals surface area contributed by atoms with E-state index in [1.165, 1.54) is 0 Å². The molecule has 12 heteroatoms. The van der Waals surface area contributed by atoms with E-state index in [4.69, 9.17) is 0 Å². The molecule has 0 radical (unpaired) electrons. The van der Waals surface area contributed by atoms with Gasteiger partial charge in [-0.25, -0.2) is 8.78 Å². The van der Waals surface area contributed by atoms with Gasteiger partial charge < -0.3 is 0 Å². The lowest BCUT2D eigenvalue weighted by molar-refractivity contribution is -0.347. The largest absolute Gasteiger partial charge is 0.435 e. The zero-order valence-electron chi connectivity index (χ0n) is 8.04. The summed E-state index contributed by atoms with van der Waals surface area (Å²) in [5, 5.41) is 0. The highest BCUT2D eigenvalue weighted by atomic mass is 19.4. The molecule has 1 aliphatic rings. The summed E-state index contributed by atoms with van der Waals surface area (Å²) in [5.41, 5.74) is -10.9. The van der Waals surface area contributed by atoms with Crippen LogP contribution in [0.25, 0.3) is 0 Å². The minimum absolute atomic E-state index is 3.78. The van der Waals surface area contributed by atoms with Crippen molar-refractivity contribution in [1.82, 2.24) is 0 Å². The first-order valence-corrected chi connectivity index (χ1v) is 4.02. The molecule has 1 rings (SSSR count). The molecule has 0 aliphatic heterocycles. The summed E-state index contributed by atoms with van der Waals surface area (Å²) in [6, 6.07) is 0. The Balaban J connectivity index is 3.62. The predicted molar refractivity (Wildman–Crippen MR) is 34.0 cm³/mol. The van der Waals surface area contributed by atoms with E-state index in [-0.39, 0.29) is 0 Å². The normalized spacial score (nSPS) is 23.4. The third-order valence-electron chi connectivity index (χ3n) is 2.33. The SMILES string of the molecule is FC1=C(C(F)(C(F)(F)F)C(F)(F)F)C(F)(F)C1(F)F. The first-order chi connectivity index (χ1) is 8.03. The van der Waals surface area contributed by atoms with Crippen molar-refractivity contribution in [3.63, 3.8) is 0 Å². The predicted octanol–water partition coefficient (Wildman–Crippen LogP) is 4.33. The maximum Gasteiger partial charge on any atom is 0.435 e. The van der Waals surface area contributed by atoms with Crippen LogP contribution in [0.3, 0.4) is 0 Å². The number of hydrogen-bond donors (Lipinski definition) is 0. The summed E-state index contributed by atoms with van der Waals surface area (Å²) in [5.74, 6) is -15.9. The van der Waals surface area contributed by atoms with Gasteiger partial charge in [-0.2, -0.15) is 43.9 Å². The molecular formula is C7F12. The fraction of sp³-hybridized carbons (Fsp3) is 0.714. The number of alkyl halides is 11. The van der Waals surface area contributed by atoms with Gasteiger partial charge in [-0.1, -0.05) is 0 Å². The lowest BCUT2D eigenvalue weighted by Gasteiger charge is -2.43. The minimum atomic E-state index is -7.09. The highest BCUT2D eigenvalue weighted by Gasteiger charge is 2.87. The summed E-state index contributed by atoms with van der Waals surface area (Å²) in [6.07, 6.45) is -14.2. The van der Waals surface area contributed by atoms with Crippen LogP contribution in [0, 0.1) is 0 Å². The van der Waals surface area contributed by atoms with Crippen molar-refractivity contribution in [1.29, 1.82) is 0 Å². The molecule has 0 fully saturated rings. The maximum absolute atomic E-state index is 13.0. The second-order valence-electron chi connectivity index (χ2n) is 3.49. The van der Waals surface area contributed by atoms with Crippen molar-refractivity contribution in [2.45, 2.75) is 29.9 Å². The van der Waals surface area contributed by atoms with E-state index in [1.807, 2.05) is 0 Å². The molecule has 0 saturated heterocycles. The van der Waals surface area contributed by atoms with Crippen LogP contribution in [-0.2, 0) is 0 Å². The maximum atomic E-state index is 13.0. The molecule has 0 aromatic rings. The van der Waals surface area contributed by atoms with Crippen molar-refractivity contribution in [2.24, 2.45) is 0 Å². The molecule has 0 atom stereocenters. The van der Waals surface area contributed by atoms with E-state index < -0.39 is 41.3 Å². The Kier molecular flexibility index (Phi) is 2.95. The number of halogens is 12. The molecule has 19 heavy (non-hydrogen) atoms. The van der Waals surface area contributed by atoms with Crippen molar-refractivity contribution in [3.05, 3.63) is 11.4 Å². The summed E-state index contributed by atoms with van der Waals surface area (Å²) >= 11 is 0. The fourth-order valence-electron chi connectivity index (χ4n) is 1.34. The molecule has 0 saturated carbocycles. The van der Waals surface area contributed by atoms with Crippen LogP contribution >= 0.6 is 0 Å². The van der Waals surface area contributed by atoms with Crippen molar-refractivity contribution < 1.29 is 52.7 Å². The Morgan fingerprint density at radius 1 is 0.632 bits per heavy atom. The number of allylic oxidation sites excluding steroid dienone is 2. The quantitative estimate of drug-likeness (QED) is 0.632. The number of rotatable bonds is 1. The molecule has 0 bridgehead atoms. The van der Waals surface area contributed by atoms with Gasteiger partial charge in [0.15, 0.2) is 5.83 Å². The Morgan fingerprint density at radius 3 is 1.16 bits per heavy atom. The second-order valence-corrected chi connectivity index (χ2v) is 3.49. The van der Waals surface area contributed by atoms with E-state index in [0.29, 0.717) is 0 Å². The lowest BCUT2D eigenvalue weighted by Crippen LogP contribution is -2.66. The Bertz CT molecular complexity index is 406. The van der Waals surface area contributed by atoms with Crippen molar-refractivity contribution in [2.75, 3.05) is 0 Å². The molecule has 0 heterocycles. The van der Waals surface area contributed by atoms with Crippen LogP contribution < -0.4 is 0 Å². The minimum Gasteiger partial charge on any atom is -0.218 e. The Hall–Kier alpha value is -1.10. The van der Waals surface area contributed by atoms with Crippen LogP contribution in [0.1, 0.15) is 0 Å². The van der Waals surface area contributed by atoms with Gasteiger partial charge in [0.1, 0.15) is 0 Å². The van der Waals surface area contributed by atoms with Crippen LogP contribution in [-0.4, -0.2) is 29.9 Å². The van der Waals surface area contributed by atoms with E-state index in [2.05, 4.69) is 0 Å². The lowest BCUT2D eigenvalue weighted by atomic mass is 9.76. The molecule has 0 amide bonds. The van der Waals surface area contributed by atoms with Gasteiger partial charge >= 0.3 is 29.9 Å². The van der Waals surface area contributed by atoms with Crippen LogP contribution in [0.2, 0.25) is 0 Å². The van der Waals surface area contributed by atoms with Gasteiger partial charge in [0, 0.05) is 0 Å². The van der Waals surface area contributed by atoms with Gasteiger partial charge in [0.05, 0.1) is 5.57 Å². The molecule has 0 aromatic heterocycles. The topological polar surface area (TPSA) is 0 Å². The van der Waals surface area contributed by atoms with Gasteiger partial charge in [-0.3, -0.25) is 0 Å². The van der Waals surface area contributed by atoms with E-state index in [0.717, 1.165) is 0 Å². The zero-order valence-corrected chi connectivity index (χ0v) is 8.04. The molecular weight excluding hydrogens is 312 g/mol. The Morgan fingerprint density at radius 2 is 0.947 bits per heavy atom. The second kappa shape index (κ2) is 3.51. The highest BCUT2D eigenvalue weighted by molar-refractivity contribution is 5.47. The van der Waals surface area contributed by atoms with Gasteiger partial charge in [0.2, 0.25) is 0 Å². The highest BCUT2D eigenvalue weighted by Crippen LogP contribution is 2.65. The van der Waals surface area contributed by atoms with Crippen molar-refractivity contribution >= 4 is 0 Å². The molecule has 1 aliphatic carbocycles. The van der Waals surface area contributed by atoms with Gasteiger partial charge in [0.25, 0.3) is 0 Å². The molecule has 0 aromatic carbocycles.